The van der Waals surface area contributed by atoms with E-state index in [9.17, 15) is 9.18 Å². The highest BCUT2D eigenvalue weighted by Crippen LogP contribution is 2.36. The lowest BCUT2D eigenvalue weighted by molar-refractivity contribution is -0.123. The molecule has 0 aliphatic carbocycles. The van der Waals surface area contributed by atoms with E-state index in [0.717, 1.165) is 11.3 Å². The van der Waals surface area contributed by atoms with Gasteiger partial charge in [0.05, 0.1) is 40.7 Å². The van der Waals surface area contributed by atoms with Crippen molar-refractivity contribution < 1.29 is 13.6 Å². The van der Waals surface area contributed by atoms with Crippen molar-refractivity contribution in [2.45, 2.75) is 20.8 Å². The van der Waals surface area contributed by atoms with Crippen molar-refractivity contribution in [3.8, 4) is 33.2 Å². The first-order valence-electron chi connectivity index (χ1n) is 11.6. The van der Waals surface area contributed by atoms with Crippen LogP contribution in [0, 0.1) is 16.4 Å². The van der Waals surface area contributed by atoms with Gasteiger partial charge in [-0.05, 0) is 18.2 Å². The minimum absolute atomic E-state index is 0.0482. The van der Waals surface area contributed by atoms with E-state index in [0.29, 0.717) is 44.1 Å². The number of hydrogen-bond donors (Lipinski definition) is 3. The molecule has 190 valence electrons. The summed E-state index contributed by atoms with van der Waals surface area (Å²) in [4.78, 5) is 33.6. The molecular formula is C26H20F2N8OS. The second-order valence-corrected chi connectivity index (χ2v) is 10.8. The van der Waals surface area contributed by atoms with Gasteiger partial charge in [-0.1, -0.05) is 20.8 Å². The Morgan fingerprint density at radius 3 is 2.58 bits per heavy atom. The van der Waals surface area contributed by atoms with Crippen molar-refractivity contribution in [3.05, 3.63) is 60.1 Å². The van der Waals surface area contributed by atoms with Gasteiger partial charge in [-0.2, -0.15) is 9.49 Å². The molecular weight excluding hydrogens is 510 g/mol. The van der Waals surface area contributed by atoms with E-state index in [1.54, 1.807) is 45.3 Å². The second kappa shape index (κ2) is 8.77. The van der Waals surface area contributed by atoms with Gasteiger partial charge in [-0.15, -0.1) is 11.3 Å². The Hall–Kier alpha value is -4.58. The molecule has 0 fully saturated rings. The van der Waals surface area contributed by atoms with Gasteiger partial charge in [0.2, 0.25) is 5.91 Å². The highest BCUT2D eigenvalue weighted by atomic mass is 32.1. The minimum atomic E-state index is -0.619. The Morgan fingerprint density at radius 2 is 1.82 bits per heavy atom. The number of halogens is 2. The molecule has 1 amide bonds. The highest BCUT2D eigenvalue weighted by molar-refractivity contribution is 7.14. The molecule has 38 heavy (non-hydrogen) atoms. The standard InChI is InChI=1S/C26H20F2N8OS/c1-26(2,3)25(37)32-13-6-12(7-29-8-13)21-20(28)19-15(11-31-21)35-36-23(19)24-33-16-10-30-9-14(22(16)34-24)17-4-5-18(27)38-17/h4-11H,1-3H3,(H,32,37)(H,33,34)(H,35,36). The summed E-state index contributed by atoms with van der Waals surface area (Å²) in [6.07, 6.45) is 7.66. The van der Waals surface area contributed by atoms with Crippen LogP contribution in [0.4, 0.5) is 14.5 Å². The molecule has 6 aromatic heterocycles. The molecule has 6 rings (SSSR count). The molecule has 9 nitrogen and oxygen atoms in total. The van der Waals surface area contributed by atoms with Crippen LogP contribution in [0.2, 0.25) is 0 Å². The average molecular weight is 531 g/mol. The largest absolute Gasteiger partial charge is 0.335 e. The fraction of sp³-hybridized carbons (Fsp3) is 0.154. The first-order valence-corrected chi connectivity index (χ1v) is 12.4. The summed E-state index contributed by atoms with van der Waals surface area (Å²) >= 11 is 0.990. The number of fused-ring (bicyclic) bond motifs is 2. The Kier molecular flexibility index (Phi) is 5.49. The number of rotatable bonds is 4. The van der Waals surface area contributed by atoms with E-state index in [1.165, 1.54) is 24.7 Å². The molecule has 6 aromatic rings. The maximum Gasteiger partial charge on any atom is 0.229 e. The van der Waals surface area contributed by atoms with Crippen LogP contribution < -0.4 is 5.32 Å². The number of hydrogen-bond acceptors (Lipinski definition) is 7. The third-order valence-corrected chi connectivity index (χ3v) is 6.86. The minimum Gasteiger partial charge on any atom is -0.335 e. The van der Waals surface area contributed by atoms with Gasteiger partial charge in [0.1, 0.15) is 16.9 Å². The maximum atomic E-state index is 16.0. The van der Waals surface area contributed by atoms with Gasteiger partial charge >= 0.3 is 0 Å². The van der Waals surface area contributed by atoms with Crippen molar-refractivity contribution in [1.29, 1.82) is 0 Å². The van der Waals surface area contributed by atoms with Crippen LogP contribution in [-0.4, -0.2) is 41.0 Å². The zero-order valence-electron chi connectivity index (χ0n) is 20.4. The molecule has 12 heteroatoms. The number of H-pyrrole nitrogens is 2. The zero-order valence-corrected chi connectivity index (χ0v) is 21.2. The number of anilines is 1. The Bertz CT molecular complexity index is 1850. The number of imidazole rings is 1. The lowest BCUT2D eigenvalue weighted by atomic mass is 9.95. The molecule has 0 bridgehead atoms. The van der Waals surface area contributed by atoms with Gasteiger partial charge in [-0.3, -0.25) is 24.8 Å². The van der Waals surface area contributed by atoms with Crippen molar-refractivity contribution >= 4 is 44.9 Å². The van der Waals surface area contributed by atoms with Gasteiger partial charge in [0, 0.05) is 33.8 Å². The van der Waals surface area contributed by atoms with Crippen molar-refractivity contribution in [1.82, 2.24) is 35.1 Å². The van der Waals surface area contributed by atoms with Crippen LogP contribution >= 0.6 is 11.3 Å². The maximum absolute atomic E-state index is 16.0. The van der Waals surface area contributed by atoms with Gasteiger partial charge in [0.15, 0.2) is 16.8 Å². The van der Waals surface area contributed by atoms with E-state index in [2.05, 4.69) is 40.4 Å². The number of carbonyl (C=O) groups is 1. The first-order chi connectivity index (χ1) is 18.2. The second-order valence-electron chi connectivity index (χ2n) is 9.72. The number of aromatic amines is 2. The zero-order chi connectivity index (χ0) is 26.6. The molecule has 0 aliphatic rings. The smallest absolute Gasteiger partial charge is 0.229 e. The number of pyridine rings is 3. The van der Waals surface area contributed by atoms with Crippen LogP contribution in [0.3, 0.4) is 0 Å². The number of nitrogens with zero attached hydrogens (tertiary/aromatic N) is 5. The SMILES string of the molecule is CC(C)(C)C(=O)Nc1cncc(-c2ncc3[nH]nc(-c4nc5c(-c6ccc(F)s6)cncc5[nH]4)c3c2F)c1. The Labute approximate surface area is 218 Å². The van der Waals surface area contributed by atoms with E-state index >= 15 is 4.39 Å². The fourth-order valence-corrected chi connectivity index (χ4v) is 4.73. The third-order valence-electron chi connectivity index (χ3n) is 5.95. The van der Waals surface area contributed by atoms with Crippen molar-refractivity contribution in [2.24, 2.45) is 5.41 Å². The van der Waals surface area contributed by atoms with Crippen LogP contribution in [0.5, 0.6) is 0 Å². The number of amides is 1. The predicted molar refractivity (Wildman–Crippen MR) is 141 cm³/mol. The lowest BCUT2D eigenvalue weighted by Crippen LogP contribution is -2.27. The molecule has 3 N–H and O–H groups in total. The molecule has 0 radical (unpaired) electrons. The molecule has 6 heterocycles. The van der Waals surface area contributed by atoms with E-state index in [4.69, 9.17) is 0 Å². The van der Waals surface area contributed by atoms with Crippen LogP contribution in [-0.2, 0) is 4.79 Å². The van der Waals surface area contributed by atoms with Crippen LogP contribution in [0.15, 0.2) is 49.2 Å². The van der Waals surface area contributed by atoms with E-state index in [-0.39, 0.29) is 27.8 Å². The summed E-state index contributed by atoms with van der Waals surface area (Å²) < 4.78 is 29.6. The molecule has 0 spiro atoms. The summed E-state index contributed by atoms with van der Waals surface area (Å²) in [5.74, 6) is -0.495. The molecule has 0 aliphatic heterocycles. The molecule has 0 aromatic carbocycles. The average Bonchev–Trinajstić information content (AvgIpc) is 3.61. The van der Waals surface area contributed by atoms with Crippen molar-refractivity contribution in [2.75, 3.05) is 5.32 Å². The first kappa shape index (κ1) is 23.8. The number of nitrogens with one attached hydrogen (secondary N) is 3. The number of thiophene rings is 1. The normalized spacial score (nSPS) is 11.9. The van der Waals surface area contributed by atoms with Gasteiger partial charge < -0.3 is 10.3 Å². The Balaban J connectivity index is 1.44. The predicted octanol–water partition coefficient (Wildman–Crippen LogP) is 5.95. The highest BCUT2D eigenvalue weighted by Gasteiger charge is 2.23. The Morgan fingerprint density at radius 1 is 1.00 bits per heavy atom. The molecule has 0 saturated heterocycles. The third kappa shape index (κ3) is 4.08. The van der Waals surface area contributed by atoms with Gasteiger partial charge in [-0.25, -0.2) is 9.37 Å². The van der Waals surface area contributed by atoms with Gasteiger partial charge in [0.25, 0.3) is 0 Å². The summed E-state index contributed by atoms with van der Waals surface area (Å²) in [6, 6.07) is 4.67. The molecule has 0 atom stereocenters. The number of aromatic nitrogens is 7. The van der Waals surface area contributed by atoms with Crippen molar-refractivity contribution in [3.63, 3.8) is 0 Å². The summed E-state index contributed by atoms with van der Waals surface area (Å²) in [6.45, 7) is 5.39. The summed E-state index contributed by atoms with van der Waals surface area (Å²) in [5.41, 5.74) is 2.71. The monoisotopic (exact) mass is 530 g/mol. The summed E-state index contributed by atoms with van der Waals surface area (Å²) in [7, 11) is 0. The van der Waals surface area contributed by atoms with E-state index < -0.39 is 11.2 Å². The summed E-state index contributed by atoms with van der Waals surface area (Å²) in [5, 5.41) is 9.78. The molecule has 0 unspecified atom stereocenters. The van der Waals surface area contributed by atoms with Crippen LogP contribution in [0.1, 0.15) is 20.8 Å². The number of carbonyl (C=O) groups excluding carboxylic acids is 1. The topological polar surface area (TPSA) is 125 Å². The quantitative estimate of drug-likeness (QED) is 0.259. The molecule has 0 saturated carbocycles. The van der Waals surface area contributed by atoms with E-state index in [1.807, 2.05) is 0 Å². The fourth-order valence-electron chi connectivity index (χ4n) is 3.99. The lowest BCUT2D eigenvalue weighted by Gasteiger charge is -2.17. The van der Waals surface area contributed by atoms with Crippen LogP contribution in [0.25, 0.3) is 55.2 Å².